The Labute approximate surface area is 291 Å². The summed E-state index contributed by atoms with van der Waals surface area (Å²) in [4.78, 5) is 0.171. The number of alkyl halides is 3. The van der Waals surface area contributed by atoms with Crippen LogP contribution < -0.4 is 5.73 Å². The van der Waals surface area contributed by atoms with E-state index < -0.39 is 37.7 Å². The Hall–Kier alpha value is -2.15. The molecule has 1 fully saturated rings. The predicted octanol–water partition coefficient (Wildman–Crippen LogP) is 8.11. The van der Waals surface area contributed by atoms with Crippen LogP contribution in [0.4, 0.5) is 13.2 Å². The van der Waals surface area contributed by atoms with Gasteiger partial charge in [0.2, 0.25) is 0 Å². The Kier molecular flexibility index (Phi) is 16.4. The monoisotopic (exact) mass is 778 g/mol. The third kappa shape index (κ3) is 12.0. The fraction of sp³-hybridized carbons (Fsp3) is 0.294. The summed E-state index contributed by atoms with van der Waals surface area (Å²) in [5.74, 6) is 8.73. The summed E-state index contributed by atoms with van der Waals surface area (Å²) in [5.41, 5.74) is 3.37. The Morgan fingerprint density at radius 2 is 0.936 bits per heavy atom. The summed E-state index contributed by atoms with van der Waals surface area (Å²) in [6, 6.07) is 24.1. The van der Waals surface area contributed by atoms with Gasteiger partial charge in [0, 0.05) is 10.9 Å². The van der Waals surface area contributed by atoms with Crippen LogP contribution in [0.1, 0.15) is 70.3 Å². The maximum atomic E-state index is 12.8. The fourth-order valence-corrected chi connectivity index (χ4v) is 5.60. The number of nitrogens with zero attached hydrogens (tertiary/aromatic N) is 1. The SMILES string of the molecule is C[C]1[C](C)[C](C)[C](C)[C](C)[C]1C.Cc1ccc(S(=O)(=O)[N-][C@@H](c2ccccc2)[C@@H](N)c2ccccc2)cc1.O=S(=O)([O-])C(F)(F)F.[Ru+2]. The van der Waals surface area contributed by atoms with Crippen molar-refractivity contribution in [1.82, 2.24) is 0 Å². The first-order valence-electron chi connectivity index (χ1n) is 14.1. The van der Waals surface area contributed by atoms with E-state index in [1.54, 1.807) is 24.3 Å². The number of hydrogen-bond acceptors (Lipinski definition) is 6. The Morgan fingerprint density at radius 1 is 0.617 bits per heavy atom. The first-order chi connectivity index (χ1) is 21.2. The second-order valence-corrected chi connectivity index (χ2v) is 13.8. The van der Waals surface area contributed by atoms with Crippen LogP contribution in [0.5, 0.6) is 0 Å². The smallest absolute Gasteiger partial charge is 0.741 e. The molecule has 0 amide bonds. The molecule has 1 aliphatic rings. The number of sulfonamides is 1. The summed E-state index contributed by atoms with van der Waals surface area (Å²) in [5, 5.41) is 0. The van der Waals surface area contributed by atoms with Gasteiger partial charge < -0.3 is 15.0 Å². The van der Waals surface area contributed by atoms with Crippen molar-refractivity contribution in [1.29, 1.82) is 0 Å². The number of aryl methyl sites for hydroxylation is 1. The zero-order valence-corrected chi connectivity index (χ0v) is 30.5. The van der Waals surface area contributed by atoms with Gasteiger partial charge >= 0.3 is 25.0 Å². The van der Waals surface area contributed by atoms with Crippen LogP contribution in [0.15, 0.2) is 89.8 Å². The van der Waals surface area contributed by atoms with E-state index in [2.05, 4.69) is 46.3 Å². The second kappa shape index (κ2) is 18.0. The number of benzene rings is 3. The van der Waals surface area contributed by atoms with Crippen molar-refractivity contribution in [3.05, 3.63) is 142 Å². The van der Waals surface area contributed by atoms with E-state index in [-0.39, 0.29) is 24.4 Å². The zero-order chi connectivity index (χ0) is 35.0. The van der Waals surface area contributed by atoms with Crippen molar-refractivity contribution < 1.29 is 54.0 Å². The molecule has 1 saturated carbocycles. The van der Waals surface area contributed by atoms with Crippen LogP contribution >= 0.6 is 0 Å². The molecule has 3 aromatic rings. The second-order valence-electron chi connectivity index (χ2n) is 10.8. The summed E-state index contributed by atoms with van der Waals surface area (Å²) >= 11 is 0. The van der Waals surface area contributed by atoms with Crippen LogP contribution in [0.3, 0.4) is 0 Å². The van der Waals surface area contributed by atoms with Crippen molar-refractivity contribution in [3.63, 3.8) is 0 Å². The quantitative estimate of drug-likeness (QED) is 0.153. The summed E-state index contributed by atoms with van der Waals surface area (Å²) in [6.45, 7) is 15.2. The van der Waals surface area contributed by atoms with Gasteiger partial charge in [0.1, 0.15) is 10.0 Å². The van der Waals surface area contributed by atoms with Gasteiger partial charge in [-0.3, -0.25) is 0 Å². The summed E-state index contributed by atoms with van der Waals surface area (Å²) in [6.07, 6.45) is 0. The molecule has 6 radical (unpaired) electrons. The molecular formula is C34H39F3N2O5RuS2. The molecule has 2 N–H and O–H groups in total. The van der Waals surface area contributed by atoms with Gasteiger partial charge in [0.25, 0.3) is 0 Å². The zero-order valence-electron chi connectivity index (χ0n) is 27.1. The molecule has 0 heterocycles. The van der Waals surface area contributed by atoms with Gasteiger partial charge in [0.05, 0.1) is 0 Å². The topological polar surface area (TPSA) is 131 Å². The third-order valence-electron chi connectivity index (χ3n) is 7.90. The van der Waals surface area contributed by atoms with Gasteiger partial charge in [-0.15, -0.1) is 0 Å². The molecule has 7 nitrogen and oxygen atoms in total. The van der Waals surface area contributed by atoms with Crippen molar-refractivity contribution in [2.45, 2.75) is 71.0 Å². The Morgan fingerprint density at radius 3 is 1.26 bits per heavy atom. The van der Waals surface area contributed by atoms with Crippen molar-refractivity contribution >= 4 is 20.1 Å². The number of hydrogen-bond donors (Lipinski definition) is 1. The molecule has 2 atom stereocenters. The van der Waals surface area contributed by atoms with E-state index in [1.165, 1.54) is 35.5 Å². The average Bonchev–Trinajstić information content (AvgIpc) is 3.01. The number of nitrogens with two attached hydrogens (primary N) is 1. The first-order valence-corrected chi connectivity index (χ1v) is 17.0. The minimum atomic E-state index is -6.09. The molecule has 0 unspecified atom stereocenters. The van der Waals surface area contributed by atoms with E-state index >= 15 is 0 Å². The molecule has 47 heavy (non-hydrogen) atoms. The molecule has 13 heteroatoms. The average molecular weight is 778 g/mol. The van der Waals surface area contributed by atoms with Gasteiger partial charge in [-0.05, 0) is 60.1 Å². The molecule has 0 saturated heterocycles. The van der Waals surface area contributed by atoms with Crippen LogP contribution in [0.2, 0.25) is 0 Å². The minimum absolute atomic E-state index is 0. The Bertz CT molecular complexity index is 1520. The molecular weight excluding hydrogens is 739 g/mol. The van der Waals surface area contributed by atoms with E-state index in [0.29, 0.717) is 0 Å². The molecule has 0 spiro atoms. The van der Waals surface area contributed by atoms with Gasteiger partial charge in [0.15, 0.2) is 10.1 Å². The molecule has 0 aromatic heterocycles. The molecule has 256 valence electrons. The minimum Gasteiger partial charge on any atom is -0.741 e. The molecule has 0 bridgehead atoms. The van der Waals surface area contributed by atoms with Crippen LogP contribution in [-0.2, 0) is 39.6 Å². The number of halogens is 3. The molecule has 4 rings (SSSR count). The summed E-state index contributed by atoms with van der Waals surface area (Å²) < 4.78 is 88.8. The van der Waals surface area contributed by atoms with Gasteiger partial charge in [-0.1, -0.05) is 132 Å². The maximum absolute atomic E-state index is 12.8. The normalized spacial score (nSPS) is 17.4. The fourth-order valence-electron chi connectivity index (χ4n) is 4.45. The molecule has 1 aliphatic carbocycles. The van der Waals surface area contributed by atoms with E-state index in [4.69, 9.17) is 18.7 Å². The summed E-state index contributed by atoms with van der Waals surface area (Å²) in [7, 11) is -9.92. The first kappa shape index (κ1) is 42.9. The van der Waals surface area contributed by atoms with Crippen molar-refractivity contribution in [3.8, 4) is 0 Å². The van der Waals surface area contributed by atoms with E-state index in [1.807, 2.05) is 67.6 Å². The van der Waals surface area contributed by atoms with Crippen molar-refractivity contribution in [2.75, 3.05) is 0 Å². The largest absolute Gasteiger partial charge is 2.00 e. The van der Waals surface area contributed by atoms with Gasteiger partial charge in [-0.2, -0.15) is 13.2 Å². The van der Waals surface area contributed by atoms with Crippen LogP contribution in [-0.4, -0.2) is 26.9 Å². The molecule has 0 aliphatic heterocycles. The standard InChI is InChI=1S/C21H21N2O2S.C12H18.CHF3O3S.Ru/c1-16-12-14-19(15-13-16)26(24,25)23-21(18-10-6-3-7-11-18)20(22)17-8-4-2-5-9-17;1-7-8(2)10(4)12(6)11(5)9(7)3;2-1(3,4)8(5,6)7;/h2-15,20-21H,22H2,1H3;1-6H3;(H,5,6,7);/q-1;;;+2/p-1/t20-,21-;;;/m0.../s1. The maximum Gasteiger partial charge on any atom is 2.00 e. The van der Waals surface area contributed by atoms with Crippen LogP contribution in [0, 0.1) is 42.4 Å². The van der Waals surface area contributed by atoms with E-state index in [0.717, 1.165) is 16.7 Å². The van der Waals surface area contributed by atoms with Crippen LogP contribution in [0.25, 0.3) is 4.72 Å². The van der Waals surface area contributed by atoms with Gasteiger partial charge in [-0.25, -0.2) is 16.8 Å². The number of rotatable bonds is 6. The van der Waals surface area contributed by atoms with Crippen molar-refractivity contribution in [2.24, 2.45) is 5.73 Å². The Balaban J connectivity index is 0.000000436. The van der Waals surface area contributed by atoms with E-state index in [9.17, 15) is 21.6 Å². The predicted molar refractivity (Wildman–Crippen MR) is 174 cm³/mol. The third-order valence-corrected chi connectivity index (χ3v) is 9.83. The molecule has 3 aromatic carbocycles.